The molecule has 4 rings (SSSR count). The van der Waals surface area contributed by atoms with E-state index < -0.39 is 46.8 Å². The molecule has 0 N–H and O–H groups in total. The van der Waals surface area contributed by atoms with Crippen LogP contribution in [0.5, 0.6) is 0 Å². The van der Waals surface area contributed by atoms with Crippen LogP contribution in [0.2, 0.25) is 0 Å². The molecule has 33 heavy (non-hydrogen) atoms. The Morgan fingerprint density at radius 1 is 1.00 bits per heavy atom. The van der Waals surface area contributed by atoms with Crippen molar-refractivity contribution in [3.63, 3.8) is 0 Å². The molecule has 1 heterocycles. The maximum atomic E-state index is 13.4. The maximum Gasteiger partial charge on any atom is 0.273 e. The van der Waals surface area contributed by atoms with Crippen molar-refractivity contribution >= 4 is 45.1 Å². The number of imide groups is 1. The minimum absolute atomic E-state index is 0.110. The number of hydrazine groups is 1. The molecule has 9 nitrogen and oxygen atoms in total. The molecule has 2 aromatic rings. The smallest absolute Gasteiger partial charge is 0.273 e. The first kappa shape index (κ1) is 22.5. The molecule has 0 unspecified atom stereocenters. The van der Waals surface area contributed by atoms with E-state index in [1.54, 1.807) is 24.3 Å². The first-order valence-electron chi connectivity index (χ1n) is 10.2. The molecule has 2 atom stereocenters. The van der Waals surface area contributed by atoms with Crippen LogP contribution in [-0.4, -0.2) is 45.0 Å². The van der Waals surface area contributed by atoms with Crippen LogP contribution in [0.25, 0.3) is 0 Å². The standard InChI is InChI=1S/C23H18BrN3O6/c24-16-10-8-14(9-11-16)20(28)13-25(21(29)15-4-3-5-17(12-15)27(32)33)26-22(30)18-6-1-2-7-19(18)23(26)31/h1-5,8-12,18-19H,6-7,13H2/t18-,19-/m1/s1. The molecule has 168 valence electrons. The summed E-state index contributed by atoms with van der Waals surface area (Å²) in [7, 11) is 0. The molecule has 10 heteroatoms. The Labute approximate surface area is 196 Å². The van der Waals surface area contributed by atoms with Crippen molar-refractivity contribution in [3.8, 4) is 0 Å². The summed E-state index contributed by atoms with van der Waals surface area (Å²) in [5.41, 5.74) is -0.147. The van der Waals surface area contributed by atoms with E-state index in [1.807, 2.05) is 12.2 Å². The number of hydrogen-bond donors (Lipinski definition) is 0. The highest BCUT2D eigenvalue weighted by molar-refractivity contribution is 9.10. The largest absolute Gasteiger partial charge is 0.292 e. The topological polar surface area (TPSA) is 118 Å². The van der Waals surface area contributed by atoms with Crippen LogP contribution in [0.1, 0.15) is 33.6 Å². The second kappa shape index (κ2) is 9.07. The monoisotopic (exact) mass is 511 g/mol. The van der Waals surface area contributed by atoms with Crippen molar-refractivity contribution in [1.82, 2.24) is 10.0 Å². The average molecular weight is 512 g/mol. The number of fused-ring (bicyclic) bond motifs is 1. The van der Waals surface area contributed by atoms with Crippen molar-refractivity contribution in [3.05, 3.63) is 86.4 Å². The number of Topliss-reactive ketones (excluding diaryl/α,β-unsaturated/α-hetero) is 1. The zero-order valence-corrected chi connectivity index (χ0v) is 18.8. The number of hydrogen-bond acceptors (Lipinski definition) is 6. The first-order valence-corrected chi connectivity index (χ1v) is 10.9. The number of amides is 3. The number of carbonyl (C=O) groups is 4. The van der Waals surface area contributed by atoms with E-state index in [-0.39, 0.29) is 16.8 Å². The summed E-state index contributed by atoms with van der Waals surface area (Å²) < 4.78 is 0.755. The van der Waals surface area contributed by atoms with E-state index in [4.69, 9.17) is 0 Å². The molecular weight excluding hydrogens is 494 g/mol. The van der Waals surface area contributed by atoms with Crippen LogP contribution in [0.15, 0.2) is 65.2 Å². The molecule has 0 saturated carbocycles. The summed E-state index contributed by atoms with van der Waals surface area (Å²) in [5.74, 6) is -3.67. The summed E-state index contributed by atoms with van der Waals surface area (Å²) in [5, 5.41) is 12.7. The number of allylic oxidation sites excluding steroid dienone is 2. The minimum Gasteiger partial charge on any atom is -0.292 e. The van der Waals surface area contributed by atoms with Crippen LogP contribution >= 0.6 is 15.9 Å². The number of benzene rings is 2. The third-order valence-corrected chi connectivity index (χ3v) is 6.25. The van der Waals surface area contributed by atoms with E-state index in [2.05, 4.69) is 15.9 Å². The number of nitro benzene ring substituents is 1. The van der Waals surface area contributed by atoms with Gasteiger partial charge in [-0.05, 0) is 31.0 Å². The zero-order chi connectivity index (χ0) is 23.7. The van der Waals surface area contributed by atoms with Crippen LogP contribution in [0.4, 0.5) is 5.69 Å². The van der Waals surface area contributed by atoms with Gasteiger partial charge in [0.15, 0.2) is 5.78 Å². The highest BCUT2D eigenvalue weighted by Gasteiger charge is 2.51. The number of nitrogens with zero attached hydrogens (tertiary/aromatic N) is 3. The van der Waals surface area contributed by atoms with Crippen molar-refractivity contribution in [1.29, 1.82) is 0 Å². The Bertz CT molecular complexity index is 1170. The van der Waals surface area contributed by atoms with Crippen LogP contribution in [-0.2, 0) is 9.59 Å². The molecule has 1 aliphatic carbocycles. The molecule has 0 aromatic heterocycles. The fourth-order valence-corrected chi connectivity index (χ4v) is 4.28. The van der Waals surface area contributed by atoms with Gasteiger partial charge in [0.1, 0.15) is 6.54 Å². The average Bonchev–Trinajstić information content (AvgIpc) is 3.07. The fourth-order valence-electron chi connectivity index (χ4n) is 4.02. The molecule has 0 radical (unpaired) electrons. The van der Waals surface area contributed by atoms with Crippen molar-refractivity contribution < 1.29 is 24.1 Å². The molecule has 0 bridgehead atoms. The van der Waals surface area contributed by atoms with E-state index in [0.29, 0.717) is 12.8 Å². The molecule has 3 amide bonds. The Hall–Kier alpha value is -3.66. The van der Waals surface area contributed by atoms with Gasteiger partial charge in [-0.3, -0.25) is 29.3 Å². The third kappa shape index (κ3) is 4.34. The molecule has 1 fully saturated rings. The summed E-state index contributed by atoms with van der Waals surface area (Å²) >= 11 is 3.29. The van der Waals surface area contributed by atoms with E-state index >= 15 is 0 Å². The number of rotatable bonds is 6. The predicted octanol–water partition coefficient (Wildman–Crippen LogP) is 3.55. The summed E-state index contributed by atoms with van der Waals surface area (Å²) in [4.78, 5) is 63.1. The van der Waals surface area contributed by atoms with Crippen molar-refractivity contribution in [2.75, 3.05) is 6.54 Å². The summed E-state index contributed by atoms with van der Waals surface area (Å²) in [6, 6.07) is 11.4. The number of carbonyl (C=O) groups excluding carboxylic acids is 4. The van der Waals surface area contributed by atoms with Gasteiger partial charge >= 0.3 is 0 Å². The molecular formula is C23H18BrN3O6. The fraction of sp³-hybridized carbons (Fsp3) is 0.217. The lowest BCUT2D eigenvalue weighted by Crippen LogP contribution is -2.52. The maximum absolute atomic E-state index is 13.4. The Morgan fingerprint density at radius 2 is 1.61 bits per heavy atom. The molecule has 0 spiro atoms. The number of non-ortho nitro benzene ring substituents is 1. The summed E-state index contributed by atoms with van der Waals surface area (Å²) in [6.45, 7) is -0.576. The Morgan fingerprint density at radius 3 is 2.18 bits per heavy atom. The zero-order valence-electron chi connectivity index (χ0n) is 17.2. The third-order valence-electron chi connectivity index (χ3n) is 5.72. The number of halogens is 1. The van der Waals surface area contributed by atoms with E-state index in [9.17, 15) is 29.3 Å². The minimum atomic E-state index is -0.850. The molecule has 1 aliphatic heterocycles. The second-order valence-corrected chi connectivity index (χ2v) is 8.66. The SMILES string of the molecule is O=C(CN(C(=O)c1cccc([N+](=O)[O-])c1)N1C(=O)[C@@H]2CC=CC[C@H]2C1=O)c1ccc(Br)cc1. The Kier molecular flexibility index (Phi) is 6.19. The molecule has 2 aliphatic rings. The van der Waals surface area contributed by atoms with Gasteiger partial charge in [-0.25, -0.2) is 5.01 Å². The van der Waals surface area contributed by atoms with Crippen LogP contribution < -0.4 is 0 Å². The summed E-state index contributed by atoms with van der Waals surface area (Å²) in [6.07, 6.45) is 4.36. The molecule has 2 aromatic carbocycles. The lowest BCUT2D eigenvalue weighted by atomic mass is 9.85. The van der Waals surface area contributed by atoms with Crippen molar-refractivity contribution in [2.45, 2.75) is 12.8 Å². The quantitative estimate of drug-likeness (QED) is 0.192. The van der Waals surface area contributed by atoms with Gasteiger partial charge < -0.3 is 0 Å². The second-order valence-electron chi connectivity index (χ2n) is 7.74. The van der Waals surface area contributed by atoms with Gasteiger partial charge in [-0.15, -0.1) is 0 Å². The van der Waals surface area contributed by atoms with E-state index in [0.717, 1.165) is 20.6 Å². The van der Waals surface area contributed by atoms with Crippen molar-refractivity contribution in [2.24, 2.45) is 11.8 Å². The lowest BCUT2D eigenvalue weighted by Gasteiger charge is -2.30. The highest BCUT2D eigenvalue weighted by atomic mass is 79.9. The first-order chi connectivity index (χ1) is 15.8. The highest BCUT2D eigenvalue weighted by Crippen LogP contribution is 2.36. The van der Waals surface area contributed by atoms with E-state index in [1.165, 1.54) is 18.2 Å². The van der Waals surface area contributed by atoms with Crippen LogP contribution in [0.3, 0.4) is 0 Å². The van der Waals surface area contributed by atoms with Gasteiger partial charge in [-0.2, -0.15) is 5.01 Å². The van der Waals surface area contributed by atoms with Gasteiger partial charge in [-0.1, -0.05) is 46.3 Å². The van der Waals surface area contributed by atoms with Gasteiger partial charge in [0.25, 0.3) is 23.4 Å². The normalized spacial score (nSPS) is 19.4. The van der Waals surface area contributed by atoms with Gasteiger partial charge in [0, 0.05) is 27.7 Å². The van der Waals surface area contributed by atoms with Gasteiger partial charge in [0.05, 0.1) is 16.8 Å². The lowest BCUT2D eigenvalue weighted by molar-refractivity contribution is -0.384. The van der Waals surface area contributed by atoms with Crippen LogP contribution in [0, 0.1) is 22.0 Å². The molecule has 1 saturated heterocycles. The number of nitro groups is 1. The Balaban J connectivity index is 1.71. The van der Waals surface area contributed by atoms with Gasteiger partial charge in [0.2, 0.25) is 0 Å². The predicted molar refractivity (Wildman–Crippen MR) is 120 cm³/mol. The number of ketones is 1.